The fourth-order valence-corrected chi connectivity index (χ4v) is 3.70. The SMILES string of the molecule is O=[N+]([O-])c1ccc(N2CCC[C@H]2c2ccsc2)c(Cl)c1. The van der Waals surface area contributed by atoms with Crippen molar-refractivity contribution in [3.05, 3.63) is 55.7 Å². The van der Waals surface area contributed by atoms with Gasteiger partial charge in [0.25, 0.3) is 5.69 Å². The van der Waals surface area contributed by atoms with Crippen LogP contribution in [0, 0.1) is 10.1 Å². The number of nitrogens with zero attached hydrogens (tertiary/aromatic N) is 2. The lowest BCUT2D eigenvalue weighted by Gasteiger charge is -2.27. The van der Waals surface area contributed by atoms with Crippen molar-refractivity contribution < 1.29 is 4.92 Å². The Kier molecular flexibility index (Phi) is 3.63. The second-order valence-electron chi connectivity index (χ2n) is 4.80. The van der Waals surface area contributed by atoms with Gasteiger partial charge in [-0.05, 0) is 41.3 Å². The third-order valence-electron chi connectivity index (χ3n) is 3.63. The Hall–Kier alpha value is -1.59. The first-order valence-corrected chi connectivity index (χ1v) is 7.71. The Morgan fingerprint density at radius 3 is 2.90 bits per heavy atom. The molecule has 0 spiro atoms. The van der Waals surface area contributed by atoms with Crippen LogP contribution in [0.1, 0.15) is 24.4 Å². The van der Waals surface area contributed by atoms with Gasteiger partial charge in [-0.25, -0.2) is 0 Å². The number of benzene rings is 1. The first kappa shape index (κ1) is 13.4. The summed E-state index contributed by atoms with van der Waals surface area (Å²) in [5.41, 5.74) is 2.21. The number of hydrogen-bond donors (Lipinski definition) is 0. The normalized spacial score (nSPS) is 18.4. The van der Waals surface area contributed by atoms with Crippen LogP contribution < -0.4 is 4.90 Å². The molecule has 1 atom stereocenters. The van der Waals surface area contributed by atoms with E-state index >= 15 is 0 Å². The van der Waals surface area contributed by atoms with Crippen molar-refractivity contribution in [1.82, 2.24) is 0 Å². The average Bonchev–Trinajstić information content (AvgIpc) is 3.09. The summed E-state index contributed by atoms with van der Waals surface area (Å²) in [6.45, 7) is 0.929. The molecule has 0 N–H and O–H groups in total. The summed E-state index contributed by atoms with van der Waals surface area (Å²) in [7, 11) is 0. The second kappa shape index (κ2) is 5.42. The van der Waals surface area contributed by atoms with Crippen LogP contribution in [0.3, 0.4) is 0 Å². The van der Waals surface area contributed by atoms with Crippen LogP contribution in [-0.2, 0) is 0 Å². The molecule has 2 heterocycles. The van der Waals surface area contributed by atoms with Gasteiger partial charge in [0, 0.05) is 18.7 Å². The Morgan fingerprint density at radius 2 is 2.25 bits per heavy atom. The Balaban J connectivity index is 1.94. The monoisotopic (exact) mass is 308 g/mol. The van der Waals surface area contributed by atoms with Crippen molar-refractivity contribution >= 4 is 34.3 Å². The maximum absolute atomic E-state index is 10.8. The zero-order valence-electron chi connectivity index (χ0n) is 10.7. The highest BCUT2D eigenvalue weighted by Gasteiger charge is 2.28. The van der Waals surface area contributed by atoms with Crippen LogP contribution in [0.25, 0.3) is 0 Å². The van der Waals surface area contributed by atoms with Crippen LogP contribution in [0.5, 0.6) is 0 Å². The van der Waals surface area contributed by atoms with E-state index in [-0.39, 0.29) is 5.69 Å². The van der Waals surface area contributed by atoms with Crippen molar-refractivity contribution in [3.8, 4) is 0 Å². The van der Waals surface area contributed by atoms with Crippen LogP contribution in [0.4, 0.5) is 11.4 Å². The van der Waals surface area contributed by atoms with Crippen molar-refractivity contribution in [1.29, 1.82) is 0 Å². The summed E-state index contributed by atoms with van der Waals surface area (Å²) in [4.78, 5) is 12.6. The highest BCUT2D eigenvalue weighted by molar-refractivity contribution is 7.08. The van der Waals surface area contributed by atoms with Gasteiger partial charge in [0.1, 0.15) is 0 Å². The van der Waals surface area contributed by atoms with E-state index in [1.807, 2.05) is 0 Å². The summed E-state index contributed by atoms with van der Waals surface area (Å²) in [6, 6.07) is 7.16. The van der Waals surface area contributed by atoms with E-state index in [0.29, 0.717) is 11.1 Å². The highest BCUT2D eigenvalue weighted by atomic mass is 35.5. The fraction of sp³-hybridized carbons (Fsp3) is 0.286. The Labute approximate surface area is 125 Å². The molecule has 0 bridgehead atoms. The zero-order chi connectivity index (χ0) is 14.1. The van der Waals surface area contributed by atoms with Crippen LogP contribution in [-0.4, -0.2) is 11.5 Å². The molecule has 104 valence electrons. The fourth-order valence-electron chi connectivity index (χ4n) is 2.71. The lowest BCUT2D eigenvalue weighted by atomic mass is 10.1. The minimum atomic E-state index is -0.421. The Morgan fingerprint density at radius 1 is 1.40 bits per heavy atom. The van der Waals surface area contributed by atoms with Crippen molar-refractivity contribution in [2.75, 3.05) is 11.4 Å². The van der Waals surface area contributed by atoms with Gasteiger partial charge in [0.2, 0.25) is 0 Å². The number of nitro benzene ring substituents is 1. The molecular weight excluding hydrogens is 296 g/mol. The van der Waals surface area contributed by atoms with E-state index in [2.05, 4.69) is 21.7 Å². The predicted octanol–water partition coefficient (Wildman–Crippen LogP) is 4.65. The van der Waals surface area contributed by atoms with Gasteiger partial charge in [-0.2, -0.15) is 11.3 Å². The predicted molar refractivity (Wildman–Crippen MR) is 81.7 cm³/mol. The molecule has 3 rings (SSSR count). The molecule has 0 aliphatic carbocycles. The van der Waals surface area contributed by atoms with Crippen LogP contribution >= 0.6 is 22.9 Å². The molecule has 1 aliphatic rings. The van der Waals surface area contributed by atoms with Gasteiger partial charge >= 0.3 is 0 Å². The number of nitro groups is 1. The molecule has 20 heavy (non-hydrogen) atoms. The number of rotatable bonds is 3. The largest absolute Gasteiger partial charge is 0.363 e. The van der Waals surface area contributed by atoms with Crippen molar-refractivity contribution in [3.63, 3.8) is 0 Å². The number of halogens is 1. The molecule has 0 saturated carbocycles. The molecule has 1 saturated heterocycles. The first-order valence-electron chi connectivity index (χ1n) is 6.39. The van der Waals surface area contributed by atoms with Gasteiger partial charge in [-0.1, -0.05) is 11.6 Å². The zero-order valence-corrected chi connectivity index (χ0v) is 12.2. The quantitative estimate of drug-likeness (QED) is 0.612. The summed E-state index contributed by atoms with van der Waals surface area (Å²) in [5.74, 6) is 0. The van der Waals surface area contributed by atoms with E-state index in [9.17, 15) is 10.1 Å². The van der Waals surface area contributed by atoms with Gasteiger partial charge in [0.05, 0.1) is 21.7 Å². The summed E-state index contributed by atoms with van der Waals surface area (Å²) >= 11 is 7.92. The molecule has 1 fully saturated rings. The maximum atomic E-state index is 10.8. The molecule has 1 aromatic heterocycles. The van der Waals surface area contributed by atoms with Gasteiger partial charge < -0.3 is 4.90 Å². The summed E-state index contributed by atoms with van der Waals surface area (Å²) in [5, 5.41) is 15.4. The van der Waals surface area contributed by atoms with Crippen LogP contribution in [0.15, 0.2) is 35.0 Å². The molecular formula is C14H13ClN2O2S. The molecule has 1 aromatic carbocycles. The van der Waals surface area contributed by atoms with E-state index in [1.54, 1.807) is 17.4 Å². The number of anilines is 1. The number of hydrogen-bond acceptors (Lipinski definition) is 4. The smallest absolute Gasteiger partial charge is 0.271 e. The summed E-state index contributed by atoms with van der Waals surface area (Å²) in [6.07, 6.45) is 2.19. The van der Waals surface area contributed by atoms with E-state index in [4.69, 9.17) is 11.6 Å². The molecule has 0 unspecified atom stereocenters. The van der Waals surface area contributed by atoms with E-state index < -0.39 is 4.92 Å². The van der Waals surface area contributed by atoms with E-state index in [1.165, 1.54) is 17.7 Å². The molecule has 6 heteroatoms. The molecule has 0 amide bonds. The van der Waals surface area contributed by atoms with Crippen molar-refractivity contribution in [2.45, 2.75) is 18.9 Å². The molecule has 4 nitrogen and oxygen atoms in total. The topological polar surface area (TPSA) is 46.4 Å². The van der Waals surface area contributed by atoms with E-state index in [0.717, 1.165) is 25.1 Å². The number of non-ortho nitro benzene ring substituents is 1. The minimum Gasteiger partial charge on any atom is -0.363 e. The standard InChI is InChI=1S/C14H13ClN2O2S/c15-12-8-11(17(18)19)3-4-14(12)16-6-1-2-13(16)10-5-7-20-9-10/h3-5,7-9,13H,1-2,6H2/t13-/m0/s1. The second-order valence-corrected chi connectivity index (χ2v) is 5.99. The Bertz CT molecular complexity index is 630. The molecule has 0 radical (unpaired) electrons. The molecule has 2 aromatic rings. The minimum absolute atomic E-state index is 0.0324. The van der Waals surface area contributed by atoms with Crippen LogP contribution in [0.2, 0.25) is 5.02 Å². The molecule has 1 aliphatic heterocycles. The number of thiophene rings is 1. The van der Waals surface area contributed by atoms with Gasteiger partial charge in [-0.3, -0.25) is 10.1 Å². The maximum Gasteiger partial charge on any atom is 0.271 e. The summed E-state index contributed by atoms with van der Waals surface area (Å²) < 4.78 is 0. The van der Waals surface area contributed by atoms with Crippen molar-refractivity contribution in [2.24, 2.45) is 0 Å². The third kappa shape index (κ3) is 2.39. The average molecular weight is 309 g/mol. The van der Waals surface area contributed by atoms with Gasteiger partial charge in [0.15, 0.2) is 0 Å². The lowest BCUT2D eigenvalue weighted by molar-refractivity contribution is -0.384. The van der Waals surface area contributed by atoms with Gasteiger partial charge in [-0.15, -0.1) is 0 Å². The lowest BCUT2D eigenvalue weighted by Crippen LogP contribution is -2.22. The highest BCUT2D eigenvalue weighted by Crippen LogP contribution is 2.40. The third-order valence-corrected chi connectivity index (χ3v) is 4.64. The first-order chi connectivity index (χ1) is 9.66.